The minimum absolute atomic E-state index is 0.0561. The molecule has 0 bridgehead atoms. The van der Waals surface area contributed by atoms with E-state index >= 15 is 0 Å². The number of ether oxygens (including phenoxy) is 1. The molecule has 1 N–H and O–H groups in total. The van der Waals surface area contributed by atoms with E-state index < -0.39 is 21.4 Å². The van der Waals surface area contributed by atoms with Crippen molar-refractivity contribution in [3.8, 4) is 0 Å². The van der Waals surface area contributed by atoms with Crippen LogP contribution in [-0.4, -0.2) is 43.9 Å². The van der Waals surface area contributed by atoms with E-state index in [0.29, 0.717) is 43.0 Å². The molecule has 2 fully saturated rings. The molecule has 9 heteroatoms. The maximum absolute atomic E-state index is 14.3. The Morgan fingerprint density at radius 3 is 2.41 bits per heavy atom. The number of amidine groups is 1. The Bertz CT molecular complexity index is 972. The van der Waals surface area contributed by atoms with Crippen LogP contribution in [0.1, 0.15) is 57.9 Å². The molecule has 2 aliphatic heterocycles. The molecule has 4 rings (SSSR count). The van der Waals surface area contributed by atoms with Gasteiger partial charge in [-0.15, -0.1) is 4.40 Å². The van der Waals surface area contributed by atoms with Gasteiger partial charge in [-0.25, -0.2) is 9.18 Å². The second-order valence-corrected chi connectivity index (χ2v) is 10.5. The first-order chi connectivity index (χ1) is 13.5. The van der Waals surface area contributed by atoms with E-state index in [-0.39, 0.29) is 22.8 Å². The van der Waals surface area contributed by atoms with Gasteiger partial charge in [0, 0.05) is 19.0 Å². The van der Waals surface area contributed by atoms with Gasteiger partial charge in [-0.1, -0.05) is 0 Å². The fraction of sp³-hybridized carbons (Fsp3) is 0.600. The van der Waals surface area contributed by atoms with Gasteiger partial charge in [0.25, 0.3) is 10.0 Å². The summed E-state index contributed by atoms with van der Waals surface area (Å²) in [5.41, 5.74) is 0.520. The van der Waals surface area contributed by atoms with Crippen molar-refractivity contribution in [2.75, 3.05) is 18.4 Å². The highest BCUT2D eigenvalue weighted by atomic mass is 32.2. The standard InChI is InChI=1S/C20H26FN3O4S/c1-20(2,3)28-19(25)24-8-6-12(7-9-24)15-10-14(21)11-16-17(15)22-18(13-4-5-13)23-29(16,26)27/h10-13H,4-9H2,1-3H3,(H,22,23). The van der Waals surface area contributed by atoms with Gasteiger partial charge < -0.3 is 15.0 Å². The zero-order chi connectivity index (χ0) is 21.0. The number of rotatable bonds is 2. The number of fused-ring (bicyclic) bond motifs is 1. The fourth-order valence-electron chi connectivity index (χ4n) is 3.82. The largest absolute Gasteiger partial charge is 0.444 e. The van der Waals surface area contributed by atoms with Gasteiger partial charge >= 0.3 is 6.09 Å². The maximum Gasteiger partial charge on any atom is 0.410 e. The van der Waals surface area contributed by atoms with Gasteiger partial charge in [-0.05, 0) is 70.1 Å². The third-order valence-corrected chi connectivity index (χ3v) is 6.71. The molecule has 3 aliphatic rings. The van der Waals surface area contributed by atoms with Crippen molar-refractivity contribution in [3.63, 3.8) is 0 Å². The number of carbonyl (C=O) groups excluding carboxylic acids is 1. The third-order valence-electron chi connectivity index (χ3n) is 5.40. The Hall–Kier alpha value is -2.16. The van der Waals surface area contributed by atoms with E-state index in [2.05, 4.69) is 9.71 Å². The van der Waals surface area contributed by atoms with Crippen molar-refractivity contribution < 1.29 is 22.3 Å². The summed E-state index contributed by atoms with van der Waals surface area (Å²) in [6.45, 7) is 6.41. The number of halogens is 1. The van der Waals surface area contributed by atoms with Gasteiger partial charge in [0.15, 0.2) is 0 Å². The lowest BCUT2D eigenvalue weighted by molar-refractivity contribution is 0.0205. The van der Waals surface area contributed by atoms with Crippen LogP contribution in [0.4, 0.5) is 14.9 Å². The molecule has 0 radical (unpaired) electrons. The second kappa shape index (κ2) is 6.97. The van der Waals surface area contributed by atoms with Gasteiger partial charge in [0.2, 0.25) is 0 Å². The number of carbonyl (C=O) groups is 1. The predicted octanol–water partition coefficient (Wildman–Crippen LogP) is 3.86. The number of likely N-dealkylation sites (tertiary alicyclic amines) is 1. The van der Waals surface area contributed by atoms with Gasteiger partial charge in [-0.2, -0.15) is 8.42 Å². The number of piperidine rings is 1. The Labute approximate surface area is 170 Å². The van der Waals surface area contributed by atoms with E-state index in [4.69, 9.17) is 4.74 Å². The van der Waals surface area contributed by atoms with Crippen LogP contribution < -0.4 is 5.32 Å². The Balaban J connectivity index is 1.57. The molecule has 0 spiro atoms. The molecular formula is C20H26FN3O4S. The smallest absolute Gasteiger partial charge is 0.410 e. The van der Waals surface area contributed by atoms with Crippen LogP contribution in [-0.2, 0) is 14.8 Å². The average Bonchev–Trinajstić information content (AvgIpc) is 3.45. The normalized spacial score (nSPS) is 21.8. The number of hydrogen-bond donors (Lipinski definition) is 1. The lowest BCUT2D eigenvalue weighted by atomic mass is 9.88. The van der Waals surface area contributed by atoms with E-state index in [9.17, 15) is 17.6 Å². The van der Waals surface area contributed by atoms with Crippen molar-refractivity contribution >= 4 is 27.6 Å². The van der Waals surface area contributed by atoms with E-state index in [1.165, 1.54) is 6.07 Å². The van der Waals surface area contributed by atoms with E-state index in [1.807, 2.05) is 20.8 Å². The zero-order valence-corrected chi connectivity index (χ0v) is 17.7. The van der Waals surface area contributed by atoms with Crippen molar-refractivity contribution in [1.29, 1.82) is 0 Å². The molecule has 1 saturated carbocycles. The molecule has 0 unspecified atom stereocenters. The number of benzene rings is 1. The summed E-state index contributed by atoms with van der Waals surface area (Å²) in [5, 5.41) is 3.17. The Kier molecular flexibility index (Phi) is 4.83. The molecule has 1 saturated heterocycles. The molecule has 0 atom stereocenters. The summed E-state index contributed by atoms with van der Waals surface area (Å²) < 4.78 is 48.8. The molecule has 1 aromatic carbocycles. The number of sulfonamides is 1. The van der Waals surface area contributed by atoms with Crippen LogP contribution in [0.15, 0.2) is 21.4 Å². The van der Waals surface area contributed by atoms with Crippen LogP contribution in [0.3, 0.4) is 0 Å². The molecule has 7 nitrogen and oxygen atoms in total. The van der Waals surface area contributed by atoms with E-state index in [0.717, 1.165) is 18.9 Å². The lowest BCUT2D eigenvalue weighted by Gasteiger charge is -2.34. The SMILES string of the molecule is CC(C)(C)OC(=O)N1CCC(c2cc(F)cc3c2NC(C2CC2)=NS3(=O)=O)CC1. The van der Waals surface area contributed by atoms with Crippen molar-refractivity contribution in [1.82, 2.24) is 4.90 Å². The monoisotopic (exact) mass is 423 g/mol. The summed E-state index contributed by atoms with van der Waals surface area (Å²) in [7, 11) is -3.92. The zero-order valence-electron chi connectivity index (χ0n) is 16.9. The van der Waals surface area contributed by atoms with Crippen LogP contribution in [0.5, 0.6) is 0 Å². The first kappa shape index (κ1) is 20.1. The minimum atomic E-state index is -3.92. The highest BCUT2D eigenvalue weighted by Crippen LogP contribution is 2.42. The number of hydrogen-bond acceptors (Lipinski definition) is 5. The first-order valence-corrected chi connectivity index (χ1v) is 11.4. The predicted molar refractivity (Wildman–Crippen MR) is 107 cm³/mol. The number of nitrogens with one attached hydrogen (secondary N) is 1. The minimum Gasteiger partial charge on any atom is -0.444 e. The van der Waals surface area contributed by atoms with Crippen LogP contribution in [0, 0.1) is 11.7 Å². The second-order valence-electron chi connectivity index (χ2n) is 8.96. The molecule has 1 aliphatic carbocycles. The highest BCUT2D eigenvalue weighted by Gasteiger charge is 2.37. The molecule has 1 aromatic rings. The summed E-state index contributed by atoms with van der Waals surface area (Å²) in [6, 6.07) is 2.44. The van der Waals surface area contributed by atoms with Crippen molar-refractivity contribution in [2.24, 2.45) is 10.3 Å². The molecule has 0 aromatic heterocycles. The quantitative estimate of drug-likeness (QED) is 0.780. The molecule has 2 heterocycles. The number of amides is 1. The highest BCUT2D eigenvalue weighted by molar-refractivity contribution is 7.90. The number of nitrogens with zero attached hydrogens (tertiary/aromatic N) is 2. The molecule has 158 valence electrons. The Morgan fingerprint density at radius 1 is 1.17 bits per heavy atom. The van der Waals surface area contributed by atoms with Gasteiger partial charge in [-0.3, -0.25) is 0 Å². The van der Waals surface area contributed by atoms with Crippen LogP contribution in [0.2, 0.25) is 0 Å². The van der Waals surface area contributed by atoms with Crippen molar-refractivity contribution in [2.45, 2.75) is 62.9 Å². The topological polar surface area (TPSA) is 88.1 Å². The Morgan fingerprint density at radius 2 is 1.83 bits per heavy atom. The van der Waals surface area contributed by atoms with Gasteiger partial charge in [0.1, 0.15) is 22.1 Å². The van der Waals surface area contributed by atoms with Crippen molar-refractivity contribution in [3.05, 3.63) is 23.5 Å². The van der Waals surface area contributed by atoms with E-state index in [1.54, 1.807) is 4.90 Å². The summed E-state index contributed by atoms with van der Waals surface area (Å²) in [6.07, 6.45) is 2.66. The third kappa shape index (κ3) is 4.24. The average molecular weight is 424 g/mol. The summed E-state index contributed by atoms with van der Waals surface area (Å²) in [5.74, 6) is -0.0652. The molecule has 1 amide bonds. The van der Waals surface area contributed by atoms with Gasteiger partial charge in [0.05, 0.1) is 5.69 Å². The first-order valence-electron chi connectivity index (χ1n) is 9.97. The van der Waals surface area contributed by atoms with Crippen LogP contribution in [0.25, 0.3) is 0 Å². The number of anilines is 1. The van der Waals surface area contributed by atoms with Crippen LogP contribution >= 0.6 is 0 Å². The lowest BCUT2D eigenvalue weighted by Crippen LogP contribution is -2.41. The maximum atomic E-state index is 14.3. The molecular weight excluding hydrogens is 397 g/mol. The fourth-order valence-corrected chi connectivity index (χ4v) is 5.06. The summed E-state index contributed by atoms with van der Waals surface area (Å²) in [4.78, 5) is 13.8. The summed E-state index contributed by atoms with van der Waals surface area (Å²) >= 11 is 0. The molecule has 29 heavy (non-hydrogen) atoms.